The van der Waals surface area contributed by atoms with Crippen molar-refractivity contribution in [1.29, 1.82) is 0 Å². The van der Waals surface area contributed by atoms with Crippen molar-refractivity contribution in [3.05, 3.63) is 37.2 Å². The second-order valence-corrected chi connectivity index (χ2v) is 4.37. The molecule has 13 heavy (non-hydrogen) atoms. The highest BCUT2D eigenvalue weighted by molar-refractivity contribution is 7.12. The average Bonchev–Trinajstić information content (AvgIpc) is 2.30. The molecule has 0 N–H and O–H groups in total. The van der Waals surface area contributed by atoms with E-state index in [9.17, 15) is 10.1 Å². The summed E-state index contributed by atoms with van der Waals surface area (Å²) in [6.07, 6.45) is 1.61. The maximum absolute atomic E-state index is 10.4. The fourth-order valence-corrected chi connectivity index (χ4v) is 1.98. The Labute approximate surface area is 80.9 Å². The fourth-order valence-electron chi connectivity index (χ4n) is 1.07. The molecule has 0 atom stereocenters. The molecule has 0 unspecified atom stereocenters. The number of allylic oxidation sites excluding steroid dienone is 1. The van der Waals surface area contributed by atoms with Gasteiger partial charge < -0.3 is 0 Å². The Morgan fingerprint density at radius 3 is 2.62 bits per heavy atom. The lowest BCUT2D eigenvalue weighted by Gasteiger charge is -1.90. The Balaban J connectivity index is 3.03. The number of nitrogens with zero attached hydrogens (tertiary/aromatic N) is 1. The van der Waals surface area contributed by atoms with Crippen LogP contribution in [-0.4, -0.2) is 4.92 Å². The molecule has 0 bridgehead atoms. The van der Waals surface area contributed by atoms with Gasteiger partial charge in [0.15, 0.2) is 0 Å². The third-order valence-electron chi connectivity index (χ3n) is 1.73. The number of aryl methyl sites for hydroxylation is 2. The lowest BCUT2D eigenvalue weighted by atomic mass is 10.2. The molecule has 0 amide bonds. The van der Waals surface area contributed by atoms with Gasteiger partial charge in [0.05, 0.1) is 4.92 Å². The minimum Gasteiger partial charge on any atom is -0.259 e. The van der Waals surface area contributed by atoms with Gasteiger partial charge in [0.1, 0.15) is 0 Å². The largest absolute Gasteiger partial charge is 0.259 e. The summed E-state index contributed by atoms with van der Waals surface area (Å²) in [5.74, 6) is 0. The zero-order valence-corrected chi connectivity index (χ0v) is 8.64. The van der Waals surface area contributed by atoms with Crippen molar-refractivity contribution in [2.75, 3.05) is 0 Å². The van der Waals surface area contributed by atoms with E-state index in [4.69, 9.17) is 0 Å². The molecular formula is C9H11NO2S. The van der Waals surface area contributed by atoms with Gasteiger partial charge >= 0.3 is 0 Å². The molecule has 3 nitrogen and oxygen atoms in total. The molecule has 1 rings (SSSR count). The number of rotatable bonds is 2. The third-order valence-corrected chi connectivity index (χ3v) is 2.71. The van der Waals surface area contributed by atoms with Crippen LogP contribution in [-0.2, 0) is 0 Å². The van der Waals surface area contributed by atoms with E-state index in [0.717, 1.165) is 10.4 Å². The Morgan fingerprint density at radius 2 is 2.23 bits per heavy atom. The molecule has 0 spiro atoms. The lowest BCUT2D eigenvalue weighted by molar-refractivity contribution is -0.422. The summed E-state index contributed by atoms with van der Waals surface area (Å²) in [5.41, 5.74) is 1.14. The standard InChI is InChI=1S/C9H11NO2S/c1-6(10(11)12)4-9-5-7(2)13-8(9)3/h4-5H,1-3H3. The summed E-state index contributed by atoms with van der Waals surface area (Å²) in [6.45, 7) is 5.47. The van der Waals surface area contributed by atoms with Crippen LogP contribution in [0.3, 0.4) is 0 Å². The van der Waals surface area contributed by atoms with Gasteiger partial charge in [0, 0.05) is 22.8 Å². The summed E-state index contributed by atoms with van der Waals surface area (Å²) in [4.78, 5) is 12.3. The number of hydrogen-bond acceptors (Lipinski definition) is 3. The highest BCUT2D eigenvalue weighted by Crippen LogP contribution is 2.22. The molecule has 0 radical (unpaired) electrons. The van der Waals surface area contributed by atoms with E-state index in [-0.39, 0.29) is 10.6 Å². The van der Waals surface area contributed by atoms with Crippen molar-refractivity contribution >= 4 is 17.4 Å². The Hall–Kier alpha value is -1.16. The highest BCUT2D eigenvalue weighted by atomic mass is 32.1. The summed E-state index contributed by atoms with van der Waals surface area (Å²) in [5, 5.41) is 10.4. The molecule has 0 saturated carbocycles. The van der Waals surface area contributed by atoms with Crippen LogP contribution in [0.5, 0.6) is 0 Å². The minimum atomic E-state index is -0.369. The zero-order chi connectivity index (χ0) is 10.0. The van der Waals surface area contributed by atoms with Gasteiger partial charge in [-0.05, 0) is 25.5 Å². The van der Waals surface area contributed by atoms with E-state index in [2.05, 4.69) is 0 Å². The second kappa shape index (κ2) is 3.70. The van der Waals surface area contributed by atoms with E-state index in [0.29, 0.717) is 0 Å². The van der Waals surface area contributed by atoms with E-state index in [1.54, 1.807) is 17.4 Å². The minimum absolute atomic E-state index is 0.181. The van der Waals surface area contributed by atoms with Crippen LogP contribution in [0.4, 0.5) is 0 Å². The molecule has 4 heteroatoms. The molecule has 0 aliphatic rings. The molecule has 0 aromatic carbocycles. The SMILES string of the molecule is CC(=Cc1cc(C)sc1C)[N+](=O)[O-]. The lowest BCUT2D eigenvalue weighted by Crippen LogP contribution is -1.92. The topological polar surface area (TPSA) is 43.1 Å². The van der Waals surface area contributed by atoms with Crippen molar-refractivity contribution in [2.45, 2.75) is 20.8 Å². The van der Waals surface area contributed by atoms with Crippen molar-refractivity contribution in [3.63, 3.8) is 0 Å². The van der Waals surface area contributed by atoms with E-state index < -0.39 is 0 Å². The maximum Gasteiger partial charge on any atom is 0.243 e. The Morgan fingerprint density at radius 1 is 1.62 bits per heavy atom. The quantitative estimate of drug-likeness (QED) is 0.540. The van der Waals surface area contributed by atoms with Gasteiger partial charge in [0.25, 0.3) is 0 Å². The van der Waals surface area contributed by atoms with Gasteiger partial charge in [-0.25, -0.2) is 0 Å². The van der Waals surface area contributed by atoms with Gasteiger partial charge in [0.2, 0.25) is 5.70 Å². The molecule has 1 aromatic rings. The maximum atomic E-state index is 10.4. The van der Waals surface area contributed by atoms with Crippen LogP contribution in [0, 0.1) is 24.0 Å². The summed E-state index contributed by atoms with van der Waals surface area (Å²) >= 11 is 1.66. The molecule has 0 saturated heterocycles. The number of thiophene rings is 1. The zero-order valence-electron chi connectivity index (χ0n) is 7.83. The van der Waals surface area contributed by atoms with Crippen LogP contribution in [0.2, 0.25) is 0 Å². The first-order valence-corrected chi connectivity index (χ1v) is 4.72. The normalized spacial score (nSPS) is 11.8. The Kier molecular flexibility index (Phi) is 2.83. The van der Waals surface area contributed by atoms with Crippen LogP contribution < -0.4 is 0 Å². The van der Waals surface area contributed by atoms with Crippen LogP contribution >= 0.6 is 11.3 Å². The first kappa shape index (κ1) is 9.92. The van der Waals surface area contributed by atoms with Crippen molar-refractivity contribution < 1.29 is 4.92 Å². The average molecular weight is 197 g/mol. The van der Waals surface area contributed by atoms with Gasteiger partial charge in [-0.1, -0.05) is 0 Å². The summed E-state index contributed by atoms with van der Waals surface area (Å²) < 4.78 is 0. The van der Waals surface area contributed by atoms with Crippen LogP contribution in [0.1, 0.15) is 22.2 Å². The molecule has 0 fully saturated rings. The first-order valence-electron chi connectivity index (χ1n) is 3.90. The molecule has 1 aromatic heterocycles. The molecule has 1 heterocycles. The van der Waals surface area contributed by atoms with E-state index >= 15 is 0 Å². The van der Waals surface area contributed by atoms with Crippen LogP contribution in [0.25, 0.3) is 6.08 Å². The Bertz CT molecular complexity index is 366. The molecule has 70 valence electrons. The molecule has 0 aliphatic heterocycles. The second-order valence-electron chi connectivity index (χ2n) is 2.91. The monoisotopic (exact) mass is 197 g/mol. The predicted molar refractivity (Wildman–Crippen MR) is 54.4 cm³/mol. The van der Waals surface area contributed by atoms with Crippen molar-refractivity contribution in [2.24, 2.45) is 0 Å². The predicted octanol–water partition coefficient (Wildman–Crippen LogP) is 3.00. The van der Waals surface area contributed by atoms with Crippen LogP contribution in [0.15, 0.2) is 11.8 Å². The van der Waals surface area contributed by atoms with E-state index in [1.807, 2.05) is 19.9 Å². The van der Waals surface area contributed by atoms with Crippen molar-refractivity contribution in [3.8, 4) is 0 Å². The van der Waals surface area contributed by atoms with Gasteiger partial charge in [-0.2, -0.15) is 0 Å². The summed E-state index contributed by atoms with van der Waals surface area (Å²) in [6, 6.07) is 1.97. The molecular weight excluding hydrogens is 186 g/mol. The van der Waals surface area contributed by atoms with Crippen molar-refractivity contribution in [1.82, 2.24) is 0 Å². The van der Waals surface area contributed by atoms with E-state index in [1.165, 1.54) is 11.8 Å². The van der Waals surface area contributed by atoms with Gasteiger partial charge in [-0.15, -0.1) is 11.3 Å². The number of hydrogen-bond donors (Lipinski definition) is 0. The highest BCUT2D eigenvalue weighted by Gasteiger charge is 2.05. The van der Waals surface area contributed by atoms with Gasteiger partial charge in [-0.3, -0.25) is 10.1 Å². The molecule has 0 aliphatic carbocycles. The third kappa shape index (κ3) is 2.39. The smallest absolute Gasteiger partial charge is 0.243 e. The fraction of sp³-hybridized carbons (Fsp3) is 0.333. The summed E-state index contributed by atoms with van der Waals surface area (Å²) in [7, 11) is 0. The number of nitro groups is 1. The first-order chi connectivity index (χ1) is 6.00.